The molecule has 1 saturated heterocycles. The van der Waals surface area contributed by atoms with Gasteiger partial charge in [0.15, 0.2) is 0 Å². The van der Waals surface area contributed by atoms with E-state index in [9.17, 15) is 0 Å². The van der Waals surface area contributed by atoms with Crippen LogP contribution < -0.4 is 5.73 Å². The molecule has 0 spiro atoms. The number of hydrogen-bond donors (Lipinski definition) is 0. The summed E-state index contributed by atoms with van der Waals surface area (Å²) in [6.45, 7) is 0. The Hall–Kier alpha value is -0.603. The molecule has 1 heterocycles. The van der Waals surface area contributed by atoms with E-state index < -0.39 is 0 Å². The summed E-state index contributed by atoms with van der Waals surface area (Å²) >= 11 is 0. The van der Waals surface area contributed by atoms with Gasteiger partial charge in [0.1, 0.15) is 0 Å². The molecule has 1 atom stereocenters. The topological polar surface area (TPSA) is 23.8 Å². The third-order valence-electron chi connectivity index (χ3n) is 2.42. The van der Waals surface area contributed by atoms with Crippen LogP contribution >= 0.6 is 0 Å². The maximum Gasteiger partial charge on any atom is 0.0735 e. The van der Waals surface area contributed by atoms with E-state index >= 15 is 0 Å². The Morgan fingerprint density at radius 3 is 2.58 bits per heavy atom. The van der Waals surface area contributed by atoms with Crippen LogP contribution in [0.1, 0.15) is 18.4 Å². The lowest BCUT2D eigenvalue weighted by atomic mass is 10.0. The molecule has 2 heteroatoms. The molecule has 61 valence electrons. The molecule has 1 nitrogen and oxygen atoms in total. The maximum absolute atomic E-state index is 8.23. The van der Waals surface area contributed by atoms with Crippen molar-refractivity contribution in [3.05, 3.63) is 35.9 Å². The van der Waals surface area contributed by atoms with Gasteiger partial charge in [-0.2, -0.15) is 0 Å². The first kappa shape index (κ1) is 8.02. The molecule has 0 amide bonds. The molecule has 1 aromatic rings. The van der Waals surface area contributed by atoms with Gasteiger partial charge in [0.05, 0.1) is 9.52 Å². The minimum absolute atomic E-state index is 0.235. The average molecular weight is 174 g/mol. The zero-order valence-corrected chi connectivity index (χ0v) is 8.01. The van der Waals surface area contributed by atoms with Crippen molar-refractivity contribution >= 4 is 9.52 Å². The van der Waals surface area contributed by atoms with Gasteiger partial charge in [-0.05, 0) is 12.0 Å². The normalized spacial score (nSPS) is 29.1. The van der Waals surface area contributed by atoms with E-state index in [1.54, 1.807) is 0 Å². The molecule has 1 aromatic carbocycles. The van der Waals surface area contributed by atoms with Crippen molar-refractivity contribution in [2.24, 2.45) is 0 Å². The summed E-state index contributed by atoms with van der Waals surface area (Å²) in [5, 5.41) is -0.235. The molecule has 0 saturated carbocycles. The third kappa shape index (κ3) is 1.32. The minimum Gasteiger partial charge on any atom is -0.250 e. The number of rotatable bonds is 1. The third-order valence-corrected chi connectivity index (χ3v) is 4.17. The lowest BCUT2D eigenvalue weighted by molar-refractivity contribution is 0.582. The number of hydrogen-bond acceptors (Lipinski definition) is 0. The van der Waals surface area contributed by atoms with Gasteiger partial charge in [-0.3, -0.25) is 5.73 Å². The van der Waals surface area contributed by atoms with E-state index in [4.69, 9.17) is 5.73 Å². The predicted octanol–water partition coefficient (Wildman–Crippen LogP) is 2.04. The van der Waals surface area contributed by atoms with Crippen LogP contribution in [0.25, 0.3) is 0 Å². The molecule has 12 heavy (non-hydrogen) atoms. The Labute approximate surface area is 75.8 Å². The van der Waals surface area contributed by atoms with Crippen LogP contribution in [0.15, 0.2) is 30.3 Å². The van der Waals surface area contributed by atoms with Gasteiger partial charge in [-0.25, -0.2) is 0 Å². The first-order valence-corrected chi connectivity index (χ1v) is 5.57. The highest BCUT2D eigenvalue weighted by Gasteiger charge is 2.32. The van der Waals surface area contributed by atoms with E-state index in [-0.39, 0.29) is 5.16 Å². The van der Waals surface area contributed by atoms with Crippen LogP contribution in [0.2, 0.25) is 6.04 Å². The molecular formula is C10H12NSi. The molecule has 1 aliphatic heterocycles. The van der Waals surface area contributed by atoms with Crippen molar-refractivity contribution in [2.75, 3.05) is 0 Å². The van der Waals surface area contributed by atoms with Gasteiger partial charge in [0.25, 0.3) is 0 Å². The largest absolute Gasteiger partial charge is 0.250 e. The number of benzene rings is 1. The van der Waals surface area contributed by atoms with Crippen LogP contribution in [0.4, 0.5) is 0 Å². The molecule has 0 aromatic heterocycles. The minimum atomic E-state index is -0.235. The molecule has 1 aliphatic rings. The smallest absolute Gasteiger partial charge is 0.0735 e. The summed E-state index contributed by atoms with van der Waals surface area (Å²) < 4.78 is 0. The van der Waals surface area contributed by atoms with Crippen LogP contribution in [0.3, 0.4) is 0 Å². The Balaban J connectivity index is 2.29. The molecule has 3 radical (unpaired) electrons. The molecule has 1 fully saturated rings. The molecule has 1 N–H and O–H groups in total. The average Bonchev–Trinajstić information content (AvgIpc) is 2.55. The maximum atomic E-state index is 8.23. The van der Waals surface area contributed by atoms with Crippen molar-refractivity contribution in [1.82, 2.24) is 5.73 Å². The first-order chi connectivity index (χ1) is 5.81. The molecule has 0 bridgehead atoms. The van der Waals surface area contributed by atoms with E-state index in [1.165, 1.54) is 18.0 Å². The zero-order valence-electron chi connectivity index (χ0n) is 7.01. The van der Waals surface area contributed by atoms with E-state index in [0.717, 1.165) is 15.9 Å². The second-order valence-electron chi connectivity index (χ2n) is 3.30. The van der Waals surface area contributed by atoms with Crippen LogP contribution in [0.5, 0.6) is 0 Å². The van der Waals surface area contributed by atoms with Crippen LogP contribution in [-0.2, 0) is 5.16 Å². The van der Waals surface area contributed by atoms with Crippen molar-refractivity contribution in [1.29, 1.82) is 0 Å². The Bertz CT molecular complexity index is 252. The summed E-state index contributed by atoms with van der Waals surface area (Å²) in [5.41, 5.74) is 9.44. The summed E-state index contributed by atoms with van der Waals surface area (Å²) in [6, 6.07) is 11.5. The van der Waals surface area contributed by atoms with Crippen molar-refractivity contribution in [3.8, 4) is 0 Å². The highest BCUT2D eigenvalue weighted by Crippen LogP contribution is 2.31. The van der Waals surface area contributed by atoms with E-state index in [1.807, 2.05) is 18.2 Å². The lowest BCUT2D eigenvalue weighted by Crippen LogP contribution is -2.29. The van der Waals surface area contributed by atoms with Crippen molar-refractivity contribution in [2.45, 2.75) is 24.0 Å². The number of nitrogens with one attached hydrogen (secondary N) is 1. The van der Waals surface area contributed by atoms with Crippen LogP contribution in [-0.4, -0.2) is 9.52 Å². The first-order valence-electron chi connectivity index (χ1n) is 4.37. The van der Waals surface area contributed by atoms with Gasteiger partial charge in [-0.15, -0.1) is 0 Å². The van der Waals surface area contributed by atoms with Gasteiger partial charge >= 0.3 is 0 Å². The highest BCUT2D eigenvalue weighted by atomic mass is 28.2. The summed E-state index contributed by atoms with van der Waals surface area (Å²) in [7, 11) is 0.797. The predicted molar refractivity (Wildman–Crippen MR) is 51.0 cm³/mol. The summed E-state index contributed by atoms with van der Waals surface area (Å²) in [4.78, 5) is 0. The van der Waals surface area contributed by atoms with Gasteiger partial charge < -0.3 is 0 Å². The van der Waals surface area contributed by atoms with Gasteiger partial charge in [0, 0.05) is 5.16 Å². The Morgan fingerprint density at radius 2 is 2.00 bits per heavy atom. The van der Waals surface area contributed by atoms with Gasteiger partial charge in [0.2, 0.25) is 0 Å². The zero-order chi connectivity index (χ0) is 8.44. The second-order valence-corrected chi connectivity index (χ2v) is 5.01. The summed E-state index contributed by atoms with van der Waals surface area (Å²) in [6.07, 6.45) is 2.28. The molecular weight excluding hydrogens is 162 g/mol. The van der Waals surface area contributed by atoms with Crippen molar-refractivity contribution in [3.63, 3.8) is 0 Å². The fourth-order valence-electron chi connectivity index (χ4n) is 1.71. The SMILES string of the molecule is [NH]C1(c2ccccc2)CCC[Si]1. The van der Waals surface area contributed by atoms with E-state index in [2.05, 4.69) is 12.1 Å². The summed E-state index contributed by atoms with van der Waals surface area (Å²) in [5.74, 6) is 0. The quantitative estimate of drug-likeness (QED) is 0.582. The highest BCUT2D eigenvalue weighted by molar-refractivity contribution is 6.41. The van der Waals surface area contributed by atoms with Crippen molar-refractivity contribution < 1.29 is 0 Å². The second kappa shape index (κ2) is 3.03. The monoisotopic (exact) mass is 174 g/mol. The lowest BCUT2D eigenvalue weighted by Gasteiger charge is -2.21. The Kier molecular flexibility index (Phi) is 2.03. The Morgan fingerprint density at radius 1 is 1.25 bits per heavy atom. The standard InChI is InChI=1S/C10H12NSi/c11-10(7-4-8-12-10)9-5-2-1-3-6-9/h1-3,5-6,11H,4,7-8H2. The fourth-order valence-corrected chi connectivity index (χ4v) is 3.22. The fraction of sp³-hybridized carbons (Fsp3) is 0.400. The van der Waals surface area contributed by atoms with E-state index in [0.29, 0.717) is 0 Å². The molecule has 0 aliphatic carbocycles. The molecule has 2 rings (SSSR count). The molecule has 1 unspecified atom stereocenters. The van der Waals surface area contributed by atoms with Gasteiger partial charge in [-0.1, -0.05) is 42.8 Å². The van der Waals surface area contributed by atoms with Crippen LogP contribution in [0, 0.1) is 0 Å².